The molecule has 4 bridgehead atoms. The first-order valence-corrected chi connectivity index (χ1v) is 9.83. The van der Waals surface area contributed by atoms with Crippen LogP contribution in [0.5, 0.6) is 0 Å². The van der Waals surface area contributed by atoms with Crippen LogP contribution >= 0.6 is 0 Å². The van der Waals surface area contributed by atoms with Crippen molar-refractivity contribution in [3.8, 4) is 0 Å². The average molecular weight is 329 g/mol. The van der Waals surface area contributed by atoms with Gasteiger partial charge in [0, 0.05) is 30.4 Å². The van der Waals surface area contributed by atoms with Gasteiger partial charge in [-0.3, -0.25) is 4.79 Å². The average Bonchev–Trinajstić information content (AvgIpc) is 2.50. The van der Waals surface area contributed by atoms with Crippen molar-refractivity contribution in [3.05, 3.63) is 24.0 Å². The lowest BCUT2D eigenvalue weighted by Gasteiger charge is -2.54. The molecule has 132 valence electrons. The summed E-state index contributed by atoms with van der Waals surface area (Å²) in [6, 6.07) is 0. The van der Waals surface area contributed by atoms with Crippen LogP contribution in [0.25, 0.3) is 0 Å². The number of amides is 1. The van der Waals surface area contributed by atoms with Crippen LogP contribution in [0.2, 0.25) is 0 Å². The number of nitrogens with one attached hydrogen (secondary N) is 1. The number of carbonyl (C=O) groups is 1. The standard InChI is InChI=1S/C21H32N2O/c1-21(2,3)23-6-4-18(5-7-23)22-20(24)13-19-16-9-14-8-15(11-16)12-17(19)10-14/h4-6,14-17,19H,7-13H2,1-3H3,(H,22,24). The van der Waals surface area contributed by atoms with Crippen LogP contribution in [0, 0.1) is 29.6 Å². The van der Waals surface area contributed by atoms with Gasteiger partial charge in [0.2, 0.25) is 5.91 Å². The molecule has 0 aromatic rings. The summed E-state index contributed by atoms with van der Waals surface area (Å²) in [7, 11) is 0. The van der Waals surface area contributed by atoms with Gasteiger partial charge in [-0.05, 0) is 94.6 Å². The summed E-state index contributed by atoms with van der Waals surface area (Å²) in [5.41, 5.74) is 1.10. The van der Waals surface area contributed by atoms with Crippen molar-refractivity contribution in [2.24, 2.45) is 29.6 Å². The molecule has 0 spiro atoms. The summed E-state index contributed by atoms with van der Waals surface area (Å²) in [5, 5.41) is 3.16. The van der Waals surface area contributed by atoms with E-state index in [0.717, 1.165) is 42.3 Å². The topological polar surface area (TPSA) is 32.3 Å². The third kappa shape index (κ3) is 3.14. The molecule has 5 aliphatic rings. The number of nitrogens with zero attached hydrogens (tertiary/aromatic N) is 1. The highest BCUT2D eigenvalue weighted by molar-refractivity contribution is 5.78. The molecule has 3 nitrogen and oxygen atoms in total. The summed E-state index contributed by atoms with van der Waals surface area (Å²) in [4.78, 5) is 14.9. The fourth-order valence-electron chi connectivity index (χ4n) is 5.88. The molecule has 1 N–H and O–H groups in total. The summed E-state index contributed by atoms with van der Waals surface area (Å²) < 4.78 is 0. The van der Waals surface area contributed by atoms with E-state index < -0.39 is 0 Å². The zero-order valence-corrected chi connectivity index (χ0v) is 15.4. The van der Waals surface area contributed by atoms with Crippen molar-refractivity contribution in [2.75, 3.05) is 6.54 Å². The van der Waals surface area contributed by atoms with Crippen LogP contribution in [-0.2, 0) is 4.79 Å². The molecule has 0 aromatic carbocycles. The highest BCUT2D eigenvalue weighted by Crippen LogP contribution is 2.57. The van der Waals surface area contributed by atoms with Crippen molar-refractivity contribution < 1.29 is 4.79 Å². The Morgan fingerprint density at radius 3 is 2.25 bits per heavy atom. The molecule has 4 fully saturated rings. The monoisotopic (exact) mass is 328 g/mol. The lowest BCUT2D eigenvalue weighted by molar-refractivity contribution is -0.125. The summed E-state index contributed by atoms with van der Waals surface area (Å²) >= 11 is 0. The molecule has 4 aliphatic carbocycles. The molecular formula is C21H32N2O. The van der Waals surface area contributed by atoms with Crippen LogP contribution in [-0.4, -0.2) is 22.9 Å². The van der Waals surface area contributed by atoms with E-state index in [2.05, 4.69) is 43.3 Å². The Hall–Kier alpha value is -1.25. The zero-order chi connectivity index (χ0) is 16.9. The molecule has 0 atom stereocenters. The molecule has 5 rings (SSSR count). The normalized spacial score (nSPS) is 37.5. The molecule has 1 aliphatic heterocycles. The molecule has 1 amide bonds. The van der Waals surface area contributed by atoms with Crippen molar-refractivity contribution in [1.82, 2.24) is 10.2 Å². The van der Waals surface area contributed by atoms with Crippen LogP contribution in [0.3, 0.4) is 0 Å². The van der Waals surface area contributed by atoms with Gasteiger partial charge < -0.3 is 10.2 Å². The van der Waals surface area contributed by atoms with Gasteiger partial charge in [0.05, 0.1) is 0 Å². The number of allylic oxidation sites excluding steroid dienone is 1. The third-order valence-corrected chi connectivity index (χ3v) is 6.93. The Kier molecular flexibility index (Phi) is 4.01. The smallest absolute Gasteiger partial charge is 0.224 e. The van der Waals surface area contributed by atoms with Crippen molar-refractivity contribution in [2.45, 2.75) is 64.8 Å². The van der Waals surface area contributed by atoms with E-state index in [1.165, 1.54) is 32.1 Å². The fraction of sp³-hybridized carbons (Fsp3) is 0.762. The molecule has 4 saturated carbocycles. The highest BCUT2D eigenvalue weighted by Gasteiger charge is 2.48. The quantitative estimate of drug-likeness (QED) is 0.847. The Morgan fingerprint density at radius 2 is 1.75 bits per heavy atom. The van der Waals surface area contributed by atoms with Crippen molar-refractivity contribution in [3.63, 3.8) is 0 Å². The second-order valence-corrected chi connectivity index (χ2v) is 9.65. The third-order valence-electron chi connectivity index (χ3n) is 6.93. The predicted octanol–water partition coefficient (Wildman–Crippen LogP) is 4.08. The Bertz CT molecular complexity index is 541. The van der Waals surface area contributed by atoms with Crippen molar-refractivity contribution in [1.29, 1.82) is 0 Å². The second kappa shape index (κ2) is 5.93. The lowest BCUT2D eigenvalue weighted by Crippen LogP contribution is -2.46. The second-order valence-electron chi connectivity index (χ2n) is 9.65. The maximum absolute atomic E-state index is 12.6. The maximum Gasteiger partial charge on any atom is 0.224 e. The van der Waals surface area contributed by atoms with E-state index in [0.29, 0.717) is 5.92 Å². The van der Waals surface area contributed by atoms with E-state index in [-0.39, 0.29) is 11.4 Å². The number of hydrogen-bond donors (Lipinski definition) is 1. The van der Waals surface area contributed by atoms with Gasteiger partial charge in [-0.1, -0.05) is 0 Å². The summed E-state index contributed by atoms with van der Waals surface area (Å²) in [6.07, 6.45) is 14.1. The van der Waals surface area contributed by atoms with Gasteiger partial charge in [-0.25, -0.2) is 0 Å². The Balaban J connectivity index is 1.32. The molecule has 3 heteroatoms. The minimum absolute atomic E-state index is 0.128. The highest BCUT2D eigenvalue weighted by atomic mass is 16.1. The van der Waals surface area contributed by atoms with Gasteiger partial charge in [-0.15, -0.1) is 0 Å². The number of hydrogen-bond acceptors (Lipinski definition) is 2. The lowest BCUT2D eigenvalue weighted by atomic mass is 9.51. The van der Waals surface area contributed by atoms with Crippen LogP contribution in [0.4, 0.5) is 0 Å². The minimum Gasteiger partial charge on any atom is -0.369 e. The Labute approximate surface area is 146 Å². The van der Waals surface area contributed by atoms with E-state index in [1.54, 1.807) is 0 Å². The maximum atomic E-state index is 12.6. The van der Waals surface area contributed by atoms with Crippen LogP contribution < -0.4 is 5.32 Å². The SMILES string of the molecule is CC(C)(C)N1C=CC(NC(=O)CC2C3CC4CC(C3)CC2C4)=CC1. The molecular weight excluding hydrogens is 296 g/mol. The van der Waals surface area contributed by atoms with Crippen LogP contribution in [0.1, 0.15) is 59.3 Å². The van der Waals surface area contributed by atoms with Crippen molar-refractivity contribution >= 4 is 5.91 Å². The van der Waals surface area contributed by atoms with Gasteiger partial charge in [-0.2, -0.15) is 0 Å². The first kappa shape index (κ1) is 16.2. The van der Waals surface area contributed by atoms with E-state index >= 15 is 0 Å². The van der Waals surface area contributed by atoms with Gasteiger partial charge in [0.25, 0.3) is 0 Å². The zero-order valence-electron chi connectivity index (χ0n) is 15.4. The molecule has 24 heavy (non-hydrogen) atoms. The number of rotatable bonds is 3. The minimum atomic E-state index is 0.128. The van der Waals surface area contributed by atoms with Gasteiger partial charge >= 0.3 is 0 Å². The molecule has 0 saturated heterocycles. The fourth-order valence-corrected chi connectivity index (χ4v) is 5.88. The van der Waals surface area contributed by atoms with Crippen LogP contribution in [0.15, 0.2) is 24.0 Å². The molecule has 0 radical (unpaired) electrons. The van der Waals surface area contributed by atoms with E-state index in [1.807, 2.05) is 6.08 Å². The first-order valence-electron chi connectivity index (χ1n) is 9.83. The van der Waals surface area contributed by atoms with Gasteiger partial charge in [0.1, 0.15) is 0 Å². The van der Waals surface area contributed by atoms with Gasteiger partial charge in [0.15, 0.2) is 0 Å². The van der Waals surface area contributed by atoms with E-state index in [9.17, 15) is 4.79 Å². The van der Waals surface area contributed by atoms with E-state index in [4.69, 9.17) is 0 Å². The molecule has 1 heterocycles. The summed E-state index contributed by atoms with van der Waals surface area (Å²) in [5.74, 6) is 4.52. The first-order chi connectivity index (χ1) is 11.4. The number of carbonyl (C=O) groups excluding carboxylic acids is 1. The summed E-state index contributed by atoms with van der Waals surface area (Å²) in [6.45, 7) is 7.50. The predicted molar refractivity (Wildman–Crippen MR) is 97.0 cm³/mol. The molecule has 0 unspecified atom stereocenters. The largest absolute Gasteiger partial charge is 0.369 e. The Morgan fingerprint density at radius 1 is 1.12 bits per heavy atom. The molecule has 0 aromatic heterocycles.